The van der Waals surface area contributed by atoms with Gasteiger partial charge < -0.3 is 14.0 Å². The molecule has 0 bridgehead atoms. The molecule has 3 aliphatic rings. The van der Waals surface area contributed by atoms with Crippen molar-refractivity contribution in [2.75, 3.05) is 4.90 Å². The molecular formula is C44H31N3O. The fourth-order valence-corrected chi connectivity index (χ4v) is 9.05. The number of benzene rings is 6. The molecule has 2 aliphatic heterocycles. The predicted molar refractivity (Wildman–Crippen MR) is 194 cm³/mol. The SMILES string of the molecule is CC1(C)c2ccccc2-c2ccc3c(c21)C1c2ccccc2OC1N3c1ccc(-c2nc3ccccc3n3c2cc2ccccc23)cc1. The van der Waals surface area contributed by atoms with Gasteiger partial charge in [0, 0.05) is 33.3 Å². The zero-order chi connectivity index (χ0) is 31.7. The molecule has 4 heteroatoms. The summed E-state index contributed by atoms with van der Waals surface area (Å²) < 4.78 is 9.20. The molecule has 4 heterocycles. The molecule has 0 spiro atoms. The lowest BCUT2D eigenvalue weighted by Crippen LogP contribution is -2.32. The van der Waals surface area contributed by atoms with Gasteiger partial charge >= 0.3 is 0 Å². The average molecular weight is 618 g/mol. The van der Waals surface area contributed by atoms with Crippen molar-refractivity contribution in [2.45, 2.75) is 31.4 Å². The summed E-state index contributed by atoms with van der Waals surface area (Å²) in [6.07, 6.45) is -0.157. The van der Waals surface area contributed by atoms with Crippen LogP contribution in [0.4, 0.5) is 11.4 Å². The van der Waals surface area contributed by atoms with Crippen LogP contribution >= 0.6 is 0 Å². The van der Waals surface area contributed by atoms with Gasteiger partial charge in [0.05, 0.1) is 33.7 Å². The first-order valence-corrected chi connectivity index (χ1v) is 16.8. The van der Waals surface area contributed by atoms with E-state index >= 15 is 0 Å². The van der Waals surface area contributed by atoms with Crippen LogP contribution in [0.2, 0.25) is 0 Å². The Morgan fingerprint density at radius 3 is 2.31 bits per heavy atom. The molecule has 0 amide bonds. The van der Waals surface area contributed by atoms with Crippen molar-refractivity contribution in [1.29, 1.82) is 0 Å². The van der Waals surface area contributed by atoms with Gasteiger partial charge in [-0.3, -0.25) is 0 Å². The third-order valence-corrected chi connectivity index (χ3v) is 11.1. The maximum atomic E-state index is 6.85. The molecule has 2 atom stereocenters. The zero-order valence-corrected chi connectivity index (χ0v) is 26.7. The first-order valence-electron chi connectivity index (χ1n) is 16.8. The van der Waals surface area contributed by atoms with E-state index in [1.165, 1.54) is 50.0 Å². The minimum atomic E-state index is -0.157. The Bertz CT molecular complexity index is 2650. The van der Waals surface area contributed by atoms with Gasteiger partial charge in [-0.05, 0) is 76.3 Å². The fourth-order valence-electron chi connectivity index (χ4n) is 9.05. The van der Waals surface area contributed by atoms with E-state index in [1.54, 1.807) is 0 Å². The average Bonchev–Trinajstić information content (AvgIpc) is 3.84. The van der Waals surface area contributed by atoms with Gasteiger partial charge in [0.1, 0.15) is 5.75 Å². The molecule has 6 aromatic carbocycles. The summed E-state index contributed by atoms with van der Waals surface area (Å²) in [5, 5.41) is 1.21. The fraction of sp³-hybridized carbons (Fsp3) is 0.114. The summed E-state index contributed by atoms with van der Waals surface area (Å²) >= 11 is 0. The summed E-state index contributed by atoms with van der Waals surface area (Å²) in [7, 11) is 0. The quantitative estimate of drug-likeness (QED) is 0.193. The number of fused-ring (bicyclic) bond motifs is 14. The summed E-state index contributed by atoms with van der Waals surface area (Å²) in [6.45, 7) is 4.77. The Balaban J connectivity index is 1.09. The maximum Gasteiger partial charge on any atom is 0.187 e. The highest BCUT2D eigenvalue weighted by Gasteiger charge is 2.51. The molecule has 0 radical (unpaired) electrons. The van der Waals surface area contributed by atoms with Gasteiger partial charge in [-0.2, -0.15) is 0 Å². The van der Waals surface area contributed by atoms with Crippen LogP contribution in [-0.4, -0.2) is 15.6 Å². The highest BCUT2D eigenvalue weighted by atomic mass is 16.5. The number of ether oxygens (including phenoxy) is 1. The smallest absolute Gasteiger partial charge is 0.187 e. The molecule has 0 saturated heterocycles. The van der Waals surface area contributed by atoms with E-state index in [4.69, 9.17) is 9.72 Å². The highest BCUT2D eigenvalue weighted by molar-refractivity contribution is 5.99. The molecule has 228 valence electrons. The zero-order valence-electron chi connectivity index (χ0n) is 26.7. The van der Waals surface area contributed by atoms with Gasteiger partial charge in [0.25, 0.3) is 0 Å². The number of nitrogens with zero attached hydrogens (tertiary/aromatic N) is 3. The maximum absolute atomic E-state index is 6.85. The third-order valence-electron chi connectivity index (χ3n) is 11.1. The number of aromatic nitrogens is 2. The van der Waals surface area contributed by atoms with Crippen LogP contribution in [0.3, 0.4) is 0 Å². The van der Waals surface area contributed by atoms with Crippen molar-refractivity contribution in [1.82, 2.24) is 9.38 Å². The number of rotatable bonds is 2. The van der Waals surface area contributed by atoms with Gasteiger partial charge in [-0.1, -0.05) is 105 Å². The summed E-state index contributed by atoms with van der Waals surface area (Å²) in [5.41, 5.74) is 16.9. The number of hydrogen-bond donors (Lipinski definition) is 0. The topological polar surface area (TPSA) is 29.8 Å². The van der Waals surface area contributed by atoms with Crippen LogP contribution in [0.25, 0.3) is 49.8 Å². The van der Waals surface area contributed by atoms with E-state index < -0.39 is 0 Å². The van der Waals surface area contributed by atoms with Crippen molar-refractivity contribution in [3.05, 3.63) is 162 Å². The molecule has 0 fully saturated rings. The van der Waals surface area contributed by atoms with Crippen LogP contribution in [0.1, 0.15) is 42.0 Å². The molecule has 4 nitrogen and oxygen atoms in total. The molecular weight excluding hydrogens is 587 g/mol. The van der Waals surface area contributed by atoms with Crippen LogP contribution in [0.5, 0.6) is 5.75 Å². The second kappa shape index (κ2) is 9.14. The Hall–Kier alpha value is -5.87. The minimum absolute atomic E-state index is 0.118. The first kappa shape index (κ1) is 26.2. The second-order valence-corrected chi connectivity index (χ2v) is 13.9. The van der Waals surface area contributed by atoms with Gasteiger partial charge in [0.2, 0.25) is 0 Å². The third kappa shape index (κ3) is 3.27. The van der Waals surface area contributed by atoms with Crippen LogP contribution in [0, 0.1) is 0 Å². The first-order chi connectivity index (χ1) is 23.6. The van der Waals surface area contributed by atoms with Crippen LogP contribution in [-0.2, 0) is 5.41 Å². The van der Waals surface area contributed by atoms with Crippen LogP contribution < -0.4 is 9.64 Å². The van der Waals surface area contributed by atoms with Gasteiger partial charge in [-0.15, -0.1) is 0 Å². The molecule has 48 heavy (non-hydrogen) atoms. The molecule has 0 saturated carbocycles. The minimum Gasteiger partial charge on any atom is -0.469 e. The standard InChI is InChI=1S/C44H31N3O/c1-44(2)32-14-6-4-12-29(32)30-23-24-36-40(41(30)44)39-31-13-5-10-18-38(31)48-43(39)46(36)28-21-19-26(20-22-28)42-37-25-27-11-3-8-16-34(27)47(37)35-17-9-7-15-33(35)45-42/h3-25,39,43H,1-2H3. The Kier molecular flexibility index (Phi) is 4.99. The summed E-state index contributed by atoms with van der Waals surface area (Å²) in [6, 6.07) is 50.4. The monoisotopic (exact) mass is 617 g/mol. The molecule has 8 aromatic rings. The Labute approximate surface area is 278 Å². The lowest BCUT2D eigenvalue weighted by Gasteiger charge is -2.27. The van der Waals surface area contributed by atoms with Crippen molar-refractivity contribution in [3.63, 3.8) is 0 Å². The van der Waals surface area contributed by atoms with E-state index in [0.29, 0.717) is 0 Å². The van der Waals surface area contributed by atoms with E-state index in [1.807, 2.05) is 0 Å². The summed E-state index contributed by atoms with van der Waals surface area (Å²) in [5.74, 6) is 1.10. The van der Waals surface area contributed by atoms with E-state index in [9.17, 15) is 0 Å². The molecule has 2 aromatic heterocycles. The van der Waals surface area contributed by atoms with Gasteiger partial charge in [-0.25, -0.2) is 4.98 Å². The van der Waals surface area contributed by atoms with E-state index in [-0.39, 0.29) is 17.6 Å². The van der Waals surface area contributed by atoms with Gasteiger partial charge in [0.15, 0.2) is 6.23 Å². The Morgan fingerprint density at radius 2 is 1.42 bits per heavy atom. The molecule has 2 unspecified atom stereocenters. The van der Waals surface area contributed by atoms with Crippen LogP contribution in [0.15, 0.2) is 140 Å². The summed E-state index contributed by atoms with van der Waals surface area (Å²) in [4.78, 5) is 7.66. The lowest BCUT2D eigenvalue weighted by atomic mass is 9.76. The largest absolute Gasteiger partial charge is 0.469 e. The number of hydrogen-bond acceptors (Lipinski definition) is 3. The second-order valence-electron chi connectivity index (χ2n) is 13.9. The van der Waals surface area contributed by atoms with Crippen molar-refractivity contribution >= 4 is 38.8 Å². The number of anilines is 2. The normalized spacial score (nSPS) is 18.1. The lowest BCUT2D eigenvalue weighted by molar-refractivity contribution is 0.234. The van der Waals surface area contributed by atoms with E-state index in [2.05, 4.69) is 163 Å². The highest BCUT2D eigenvalue weighted by Crippen LogP contribution is 2.61. The van der Waals surface area contributed by atoms with E-state index in [0.717, 1.165) is 39.2 Å². The predicted octanol–water partition coefficient (Wildman–Crippen LogP) is 10.6. The Morgan fingerprint density at radius 1 is 0.667 bits per heavy atom. The molecule has 11 rings (SSSR count). The molecule has 1 aliphatic carbocycles. The van der Waals surface area contributed by atoms with Crippen molar-refractivity contribution in [3.8, 4) is 28.1 Å². The molecule has 0 N–H and O–H groups in total. The van der Waals surface area contributed by atoms with Crippen molar-refractivity contribution in [2.24, 2.45) is 0 Å². The van der Waals surface area contributed by atoms with Crippen molar-refractivity contribution < 1.29 is 4.74 Å². The number of para-hydroxylation sites is 4.